The van der Waals surface area contributed by atoms with E-state index in [9.17, 15) is 18.4 Å². The van der Waals surface area contributed by atoms with Crippen LogP contribution in [0.4, 0.5) is 8.78 Å². The molecule has 3 heterocycles. The van der Waals surface area contributed by atoms with Crippen molar-refractivity contribution < 1.29 is 18.4 Å². The van der Waals surface area contributed by atoms with Crippen molar-refractivity contribution in [2.45, 2.75) is 25.6 Å². The first-order valence-electron chi connectivity index (χ1n) is 9.41. The average molecular weight is 411 g/mol. The second-order valence-corrected chi connectivity index (χ2v) is 7.05. The summed E-state index contributed by atoms with van der Waals surface area (Å²) in [6, 6.07) is 12.5. The molecule has 0 spiro atoms. The predicted molar refractivity (Wildman–Crippen MR) is 104 cm³/mol. The molecule has 1 fully saturated rings. The van der Waals surface area contributed by atoms with E-state index in [-0.39, 0.29) is 24.1 Å². The van der Waals surface area contributed by atoms with E-state index in [2.05, 4.69) is 15.4 Å². The van der Waals surface area contributed by atoms with Gasteiger partial charge in [-0.3, -0.25) is 14.6 Å². The molecule has 1 saturated heterocycles. The Bertz CT molecular complexity index is 1050. The Labute approximate surface area is 171 Å². The number of aromatic nitrogens is 3. The van der Waals surface area contributed by atoms with Crippen molar-refractivity contribution in [1.29, 1.82) is 0 Å². The van der Waals surface area contributed by atoms with Gasteiger partial charge in [0, 0.05) is 37.5 Å². The fraction of sp³-hybridized carbons (Fsp3) is 0.238. The van der Waals surface area contributed by atoms with Crippen LogP contribution in [0.25, 0.3) is 11.1 Å². The number of halogens is 2. The zero-order valence-corrected chi connectivity index (χ0v) is 15.9. The van der Waals surface area contributed by atoms with E-state index in [0.717, 1.165) is 5.56 Å². The Hall–Kier alpha value is -3.62. The van der Waals surface area contributed by atoms with Crippen LogP contribution in [0.2, 0.25) is 0 Å². The molecule has 2 amide bonds. The van der Waals surface area contributed by atoms with E-state index < -0.39 is 12.5 Å². The SMILES string of the molecule is O=C(NC1CC(=O)N(Cc2ccccc2)C1)c1cc(-c2cnn(C(F)F)c2)ccn1. The fourth-order valence-electron chi connectivity index (χ4n) is 3.41. The Morgan fingerprint density at radius 1 is 1.20 bits per heavy atom. The number of nitrogens with one attached hydrogen (secondary N) is 1. The summed E-state index contributed by atoms with van der Waals surface area (Å²) in [4.78, 5) is 30.7. The van der Waals surface area contributed by atoms with Gasteiger partial charge in [-0.2, -0.15) is 13.9 Å². The number of hydrogen-bond donors (Lipinski definition) is 1. The highest BCUT2D eigenvalue weighted by Gasteiger charge is 2.31. The van der Waals surface area contributed by atoms with Crippen molar-refractivity contribution in [2.24, 2.45) is 0 Å². The number of rotatable bonds is 6. The molecule has 4 rings (SSSR count). The number of alkyl halides is 2. The summed E-state index contributed by atoms with van der Waals surface area (Å²) in [5, 5.41) is 6.44. The molecule has 1 atom stereocenters. The maximum Gasteiger partial charge on any atom is 0.333 e. The minimum absolute atomic E-state index is 0.0229. The summed E-state index contributed by atoms with van der Waals surface area (Å²) in [5.74, 6) is -0.442. The average Bonchev–Trinajstić information content (AvgIpc) is 3.36. The van der Waals surface area contributed by atoms with Crippen LogP contribution in [-0.2, 0) is 11.3 Å². The van der Waals surface area contributed by atoms with Gasteiger partial charge in [0.15, 0.2) is 0 Å². The first-order chi connectivity index (χ1) is 14.5. The Kier molecular flexibility index (Phi) is 5.51. The Balaban J connectivity index is 1.41. The maximum atomic E-state index is 12.7. The van der Waals surface area contributed by atoms with Crippen molar-refractivity contribution in [1.82, 2.24) is 25.0 Å². The summed E-state index contributed by atoms with van der Waals surface area (Å²) in [6.45, 7) is -1.82. The van der Waals surface area contributed by atoms with Crippen molar-refractivity contribution in [3.05, 3.63) is 72.3 Å². The minimum atomic E-state index is -2.73. The van der Waals surface area contributed by atoms with E-state index in [0.29, 0.717) is 28.9 Å². The standard InChI is InChI=1S/C21H19F2N5O2/c22-21(23)28-12-16(10-25-28)15-6-7-24-18(8-15)20(30)26-17-9-19(29)27(13-17)11-14-4-2-1-3-5-14/h1-8,10,12,17,21H,9,11,13H2,(H,26,30). The summed E-state index contributed by atoms with van der Waals surface area (Å²) in [6.07, 6.45) is 4.17. The van der Waals surface area contributed by atoms with Gasteiger partial charge in [-0.05, 0) is 23.3 Å². The van der Waals surface area contributed by atoms with Crippen molar-refractivity contribution in [2.75, 3.05) is 6.54 Å². The number of carbonyl (C=O) groups is 2. The lowest BCUT2D eigenvalue weighted by molar-refractivity contribution is -0.128. The van der Waals surface area contributed by atoms with E-state index in [4.69, 9.17) is 0 Å². The monoisotopic (exact) mass is 411 g/mol. The van der Waals surface area contributed by atoms with Gasteiger partial charge in [0.2, 0.25) is 5.91 Å². The van der Waals surface area contributed by atoms with Crippen LogP contribution in [-0.4, -0.2) is 44.1 Å². The number of pyridine rings is 1. The van der Waals surface area contributed by atoms with Crippen LogP contribution >= 0.6 is 0 Å². The van der Waals surface area contributed by atoms with E-state index in [1.165, 1.54) is 24.7 Å². The highest BCUT2D eigenvalue weighted by Crippen LogP contribution is 2.21. The zero-order chi connectivity index (χ0) is 21.1. The maximum absolute atomic E-state index is 12.7. The lowest BCUT2D eigenvalue weighted by Gasteiger charge is -2.17. The number of benzene rings is 1. The first-order valence-corrected chi connectivity index (χ1v) is 9.41. The lowest BCUT2D eigenvalue weighted by atomic mass is 10.1. The molecule has 30 heavy (non-hydrogen) atoms. The molecular weight excluding hydrogens is 392 g/mol. The Morgan fingerprint density at radius 3 is 2.73 bits per heavy atom. The summed E-state index contributed by atoms with van der Waals surface area (Å²) in [5.41, 5.74) is 2.18. The summed E-state index contributed by atoms with van der Waals surface area (Å²) >= 11 is 0. The second-order valence-electron chi connectivity index (χ2n) is 7.05. The molecule has 0 bridgehead atoms. The van der Waals surface area contributed by atoms with Gasteiger partial charge in [-0.15, -0.1) is 0 Å². The molecule has 154 valence electrons. The van der Waals surface area contributed by atoms with Gasteiger partial charge in [0.1, 0.15) is 5.69 Å². The smallest absolute Gasteiger partial charge is 0.333 e. The number of hydrogen-bond acceptors (Lipinski definition) is 4. The summed E-state index contributed by atoms with van der Waals surface area (Å²) in [7, 11) is 0. The molecule has 0 radical (unpaired) electrons. The highest BCUT2D eigenvalue weighted by molar-refractivity contribution is 5.94. The van der Waals surface area contributed by atoms with Crippen LogP contribution in [0.3, 0.4) is 0 Å². The van der Waals surface area contributed by atoms with Gasteiger partial charge in [0.05, 0.1) is 12.2 Å². The Morgan fingerprint density at radius 2 is 2.00 bits per heavy atom. The molecule has 1 unspecified atom stereocenters. The molecule has 0 aliphatic carbocycles. The minimum Gasteiger partial charge on any atom is -0.346 e. The topological polar surface area (TPSA) is 80.1 Å². The molecule has 2 aromatic heterocycles. The molecule has 7 nitrogen and oxygen atoms in total. The summed E-state index contributed by atoms with van der Waals surface area (Å²) < 4.78 is 26.0. The number of amides is 2. The molecule has 3 aromatic rings. The molecule has 1 aliphatic heterocycles. The normalized spacial score (nSPS) is 16.3. The van der Waals surface area contributed by atoms with Crippen molar-refractivity contribution in [3.8, 4) is 11.1 Å². The molecule has 1 aliphatic rings. The predicted octanol–water partition coefficient (Wildman–Crippen LogP) is 2.87. The first kappa shape index (κ1) is 19.7. The molecule has 1 aromatic carbocycles. The molecule has 1 N–H and O–H groups in total. The van der Waals surface area contributed by atoms with Gasteiger partial charge >= 0.3 is 6.55 Å². The van der Waals surface area contributed by atoms with Crippen molar-refractivity contribution in [3.63, 3.8) is 0 Å². The van der Waals surface area contributed by atoms with E-state index in [1.54, 1.807) is 11.0 Å². The van der Waals surface area contributed by atoms with Gasteiger partial charge in [0.25, 0.3) is 5.91 Å². The van der Waals surface area contributed by atoms with Gasteiger partial charge in [-0.25, -0.2) is 4.68 Å². The number of carbonyl (C=O) groups excluding carboxylic acids is 2. The quantitative estimate of drug-likeness (QED) is 0.677. The zero-order valence-electron chi connectivity index (χ0n) is 15.9. The third kappa shape index (κ3) is 4.35. The highest BCUT2D eigenvalue weighted by atomic mass is 19.3. The van der Waals surface area contributed by atoms with Crippen LogP contribution < -0.4 is 5.32 Å². The number of nitrogens with zero attached hydrogens (tertiary/aromatic N) is 4. The second kappa shape index (κ2) is 8.40. The third-order valence-electron chi connectivity index (χ3n) is 4.89. The van der Waals surface area contributed by atoms with Crippen LogP contribution in [0.5, 0.6) is 0 Å². The molecular formula is C21H19F2N5O2. The van der Waals surface area contributed by atoms with E-state index >= 15 is 0 Å². The third-order valence-corrected chi connectivity index (χ3v) is 4.89. The lowest BCUT2D eigenvalue weighted by Crippen LogP contribution is -2.37. The molecule has 9 heteroatoms. The largest absolute Gasteiger partial charge is 0.346 e. The van der Waals surface area contributed by atoms with E-state index in [1.807, 2.05) is 30.3 Å². The van der Waals surface area contributed by atoms with Crippen molar-refractivity contribution >= 4 is 11.8 Å². The van der Waals surface area contributed by atoms with Crippen LogP contribution in [0.1, 0.15) is 29.0 Å². The van der Waals surface area contributed by atoms with Gasteiger partial charge < -0.3 is 10.2 Å². The van der Waals surface area contributed by atoms with Crippen LogP contribution in [0, 0.1) is 0 Å². The van der Waals surface area contributed by atoms with Gasteiger partial charge in [-0.1, -0.05) is 30.3 Å². The number of likely N-dealkylation sites (tertiary alicyclic amines) is 1. The van der Waals surface area contributed by atoms with Crippen LogP contribution in [0.15, 0.2) is 61.1 Å². The fourth-order valence-corrected chi connectivity index (χ4v) is 3.41. The molecule has 0 saturated carbocycles.